The second-order valence-electron chi connectivity index (χ2n) is 8.05. The molecule has 0 saturated heterocycles. The van der Waals surface area contributed by atoms with E-state index < -0.39 is 0 Å². The molecule has 0 heterocycles. The van der Waals surface area contributed by atoms with Gasteiger partial charge in [0, 0.05) is 0 Å². The van der Waals surface area contributed by atoms with Crippen molar-refractivity contribution >= 4 is 5.97 Å². The summed E-state index contributed by atoms with van der Waals surface area (Å²) in [5, 5.41) is 0. The minimum atomic E-state index is -0.373. The molecule has 0 aromatic carbocycles. The normalized spacial score (nSPS) is 19.9. The van der Waals surface area contributed by atoms with Gasteiger partial charge >= 0.3 is 5.97 Å². The molecule has 0 saturated carbocycles. The van der Waals surface area contributed by atoms with E-state index in [0.717, 1.165) is 24.2 Å². The Labute approximate surface area is 171 Å². The van der Waals surface area contributed by atoms with E-state index in [1.54, 1.807) is 6.08 Å². The standard InChI is InChI=1S/C25H38O3/c1-8-12-20(13-9-2)19(5)28-24(26)18-27-22-16-14-21(15-17-22)23(10-3)25(6,7)11-4/h8-9,12-14,16-17,19,21,23H,1,10-11,15,18H2,2-7H3/b13-9-,20-12+/t19?,21-,23?/m0/s1. The smallest absolute Gasteiger partial charge is 0.344 e. The van der Waals surface area contributed by atoms with Gasteiger partial charge in [-0.2, -0.15) is 0 Å². The number of allylic oxidation sites excluding steroid dienone is 6. The number of carbonyl (C=O) groups excluding carboxylic acids is 1. The number of rotatable bonds is 11. The van der Waals surface area contributed by atoms with Gasteiger partial charge in [0.25, 0.3) is 0 Å². The summed E-state index contributed by atoms with van der Waals surface area (Å²) >= 11 is 0. The van der Waals surface area contributed by atoms with E-state index in [1.807, 2.05) is 38.2 Å². The van der Waals surface area contributed by atoms with Crippen molar-refractivity contribution in [2.45, 2.75) is 66.9 Å². The van der Waals surface area contributed by atoms with Gasteiger partial charge in [0.2, 0.25) is 0 Å². The van der Waals surface area contributed by atoms with Crippen molar-refractivity contribution < 1.29 is 14.3 Å². The lowest BCUT2D eigenvalue weighted by atomic mass is 9.67. The first kappa shape index (κ1) is 24.0. The summed E-state index contributed by atoms with van der Waals surface area (Å²) in [6.45, 7) is 16.6. The first-order valence-corrected chi connectivity index (χ1v) is 10.4. The summed E-state index contributed by atoms with van der Waals surface area (Å²) in [6, 6.07) is 0. The SMILES string of the molecule is C=C/C=C(\C=C/C)C(C)OC(=O)COC1=CC[C@@H](C(CC)C(C)(C)CC)C=C1. The van der Waals surface area contributed by atoms with E-state index in [4.69, 9.17) is 9.47 Å². The van der Waals surface area contributed by atoms with Gasteiger partial charge in [-0.15, -0.1) is 0 Å². The summed E-state index contributed by atoms with van der Waals surface area (Å²) in [7, 11) is 0. The molecule has 0 aliphatic heterocycles. The molecule has 156 valence electrons. The largest absolute Gasteiger partial charge is 0.482 e. The molecule has 2 unspecified atom stereocenters. The van der Waals surface area contributed by atoms with E-state index >= 15 is 0 Å². The van der Waals surface area contributed by atoms with Gasteiger partial charge in [-0.1, -0.05) is 77.5 Å². The average Bonchev–Trinajstić information content (AvgIpc) is 2.67. The fourth-order valence-electron chi connectivity index (χ4n) is 3.82. The summed E-state index contributed by atoms with van der Waals surface area (Å²) in [5.74, 6) is 1.54. The van der Waals surface area contributed by atoms with Gasteiger partial charge in [-0.25, -0.2) is 4.79 Å². The highest BCUT2D eigenvalue weighted by molar-refractivity contribution is 5.71. The Morgan fingerprint density at radius 2 is 2.11 bits per heavy atom. The third-order valence-electron chi connectivity index (χ3n) is 5.77. The van der Waals surface area contributed by atoms with E-state index in [1.165, 1.54) is 6.42 Å². The van der Waals surface area contributed by atoms with Crippen LogP contribution in [0.3, 0.4) is 0 Å². The van der Waals surface area contributed by atoms with Gasteiger partial charge in [-0.3, -0.25) is 0 Å². The monoisotopic (exact) mass is 386 g/mol. The summed E-state index contributed by atoms with van der Waals surface area (Å²) < 4.78 is 11.1. The van der Waals surface area contributed by atoms with Gasteiger partial charge in [0.15, 0.2) is 6.61 Å². The van der Waals surface area contributed by atoms with Crippen LogP contribution in [0, 0.1) is 17.3 Å². The Morgan fingerprint density at radius 1 is 1.39 bits per heavy atom. The van der Waals surface area contributed by atoms with E-state index in [9.17, 15) is 4.79 Å². The Bertz CT molecular complexity index is 634. The topological polar surface area (TPSA) is 35.5 Å². The van der Waals surface area contributed by atoms with Crippen LogP contribution < -0.4 is 0 Å². The molecule has 28 heavy (non-hydrogen) atoms. The maximum atomic E-state index is 12.1. The molecule has 3 nitrogen and oxygen atoms in total. The molecule has 3 atom stereocenters. The molecule has 0 N–H and O–H groups in total. The van der Waals surface area contributed by atoms with Crippen molar-refractivity contribution in [3.05, 3.63) is 60.4 Å². The highest BCUT2D eigenvalue weighted by Gasteiger charge is 2.32. The molecule has 0 fully saturated rings. The van der Waals surface area contributed by atoms with Crippen LogP contribution in [0.15, 0.2) is 60.4 Å². The first-order valence-electron chi connectivity index (χ1n) is 10.4. The summed E-state index contributed by atoms with van der Waals surface area (Å²) in [6.07, 6.45) is 16.6. The third kappa shape index (κ3) is 7.18. The van der Waals surface area contributed by atoms with Crippen LogP contribution in [0.2, 0.25) is 0 Å². The zero-order valence-corrected chi connectivity index (χ0v) is 18.5. The molecule has 1 aliphatic rings. The quantitative estimate of drug-likeness (QED) is 0.298. The molecule has 1 aliphatic carbocycles. The van der Waals surface area contributed by atoms with Crippen LogP contribution in [-0.4, -0.2) is 18.7 Å². The molecule has 0 bridgehead atoms. The molecular weight excluding hydrogens is 348 g/mol. The third-order valence-corrected chi connectivity index (χ3v) is 5.77. The fourth-order valence-corrected chi connectivity index (χ4v) is 3.82. The molecule has 0 aromatic rings. The minimum absolute atomic E-state index is 0.0833. The van der Waals surface area contributed by atoms with Crippen molar-refractivity contribution in [3.8, 4) is 0 Å². The number of carbonyl (C=O) groups is 1. The van der Waals surface area contributed by atoms with Gasteiger partial charge in [-0.05, 0) is 55.2 Å². The Morgan fingerprint density at radius 3 is 2.61 bits per heavy atom. The number of hydrogen-bond donors (Lipinski definition) is 0. The first-order chi connectivity index (χ1) is 13.3. The highest BCUT2D eigenvalue weighted by Crippen LogP contribution is 2.41. The molecule has 0 radical (unpaired) electrons. The van der Waals surface area contributed by atoms with Crippen molar-refractivity contribution in [3.63, 3.8) is 0 Å². The van der Waals surface area contributed by atoms with Crippen LogP contribution in [-0.2, 0) is 14.3 Å². The molecule has 0 spiro atoms. The van der Waals surface area contributed by atoms with Gasteiger partial charge < -0.3 is 9.47 Å². The molecule has 1 rings (SSSR count). The second-order valence-corrected chi connectivity index (χ2v) is 8.05. The summed E-state index contributed by atoms with van der Waals surface area (Å²) in [5.41, 5.74) is 1.22. The maximum Gasteiger partial charge on any atom is 0.344 e. The van der Waals surface area contributed by atoms with Crippen LogP contribution in [0.4, 0.5) is 0 Å². The van der Waals surface area contributed by atoms with Crippen molar-refractivity contribution in [2.75, 3.05) is 6.61 Å². The molecular formula is C25H38O3. The molecule has 0 amide bonds. The van der Waals surface area contributed by atoms with Crippen molar-refractivity contribution in [1.82, 2.24) is 0 Å². The van der Waals surface area contributed by atoms with Crippen LogP contribution >= 0.6 is 0 Å². The lowest BCUT2D eigenvalue weighted by Crippen LogP contribution is -2.29. The zero-order valence-electron chi connectivity index (χ0n) is 18.5. The Balaban J connectivity index is 2.56. The van der Waals surface area contributed by atoms with E-state index in [0.29, 0.717) is 17.3 Å². The van der Waals surface area contributed by atoms with Crippen LogP contribution in [0.1, 0.15) is 60.8 Å². The lowest BCUT2D eigenvalue weighted by molar-refractivity contribution is -0.150. The molecule has 0 aromatic heterocycles. The predicted molar refractivity (Wildman–Crippen MR) is 118 cm³/mol. The van der Waals surface area contributed by atoms with Crippen molar-refractivity contribution in [1.29, 1.82) is 0 Å². The van der Waals surface area contributed by atoms with Crippen LogP contribution in [0.25, 0.3) is 0 Å². The van der Waals surface area contributed by atoms with Crippen molar-refractivity contribution in [2.24, 2.45) is 17.3 Å². The average molecular weight is 387 g/mol. The van der Waals surface area contributed by atoms with Gasteiger partial charge in [0.1, 0.15) is 11.9 Å². The number of esters is 1. The van der Waals surface area contributed by atoms with Gasteiger partial charge in [0.05, 0.1) is 0 Å². The Kier molecular flexibility index (Phi) is 10.1. The highest BCUT2D eigenvalue weighted by atomic mass is 16.6. The number of ether oxygens (including phenoxy) is 2. The van der Waals surface area contributed by atoms with E-state index in [-0.39, 0.29) is 18.7 Å². The van der Waals surface area contributed by atoms with E-state index in [2.05, 4.69) is 46.4 Å². The maximum absolute atomic E-state index is 12.1. The second kappa shape index (κ2) is 11.7. The lowest BCUT2D eigenvalue weighted by Gasteiger charge is -2.38. The van der Waals surface area contributed by atoms with Crippen LogP contribution in [0.5, 0.6) is 0 Å². The zero-order chi connectivity index (χ0) is 21.2. The Hall–Kier alpha value is -2.03. The summed E-state index contributed by atoms with van der Waals surface area (Å²) in [4.78, 5) is 12.1. The fraction of sp³-hybridized carbons (Fsp3) is 0.560. The molecule has 3 heteroatoms. The minimum Gasteiger partial charge on any atom is -0.482 e. The number of hydrogen-bond acceptors (Lipinski definition) is 3. The predicted octanol–water partition coefficient (Wildman–Crippen LogP) is 6.55.